The minimum Gasteiger partial charge on any atom is -0.468 e. The predicted molar refractivity (Wildman–Crippen MR) is 115 cm³/mol. The van der Waals surface area contributed by atoms with Crippen LogP contribution in [0.15, 0.2) is 52.0 Å². The number of unbranched alkanes of at least 4 members (excludes halogenated alkanes) is 1. The van der Waals surface area contributed by atoms with Crippen molar-refractivity contribution in [3.05, 3.63) is 59.0 Å². The number of nitrogens with zero attached hydrogens (tertiary/aromatic N) is 3. The van der Waals surface area contributed by atoms with Crippen LogP contribution in [-0.4, -0.2) is 35.4 Å². The molecule has 0 fully saturated rings. The van der Waals surface area contributed by atoms with E-state index in [0.29, 0.717) is 10.9 Å². The van der Waals surface area contributed by atoms with Crippen molar-refractivity contribution in [3.63, 3.8) is 0 Å². The second kappa shape index (κ2) is 9.96. The number of hydrogen-bond donors (Lipinski definition) is 1. The number of carbonyl (C=O) groups excluding carboxylic acids is 1. The molecule has 0 saturated carbocycles. The number of benzene rings is 1. The van der Waals surface area contributed by atoms with Crippen LogP contribution in [0.3, 0.4) is 0 Å². The van der Waals surface area contributed by atoms with Gasteiger partial charge in [-0.2, -0.15) is 4.31 Å². The molecule has 1 aromatic carbocycles. The Kier molecular flexibility index (Phi) is 7.35. The van der Waals surface area contributed by atoms with Crippen LogP contribution in [0.1, 0.15) is 36.1 Å². The lowest BCUT2D eigenvalue weighted by Crippen LogP contribution is -2.37. The molecule has 0 aliphatic heterocycles. The Bertz CT molecular complexity index is 1060. The van der Waals surface area contributed by atoms with E-state index in [-0.39, 0.29) is 18.0 Å². The third kappa shape index (κ3) is 5.74. The molecule has 0 aliphatic rings. The lowest BCUT2D eigenvalue weighted by Gasteiger charge is -2.20. The van der Waals surface area contributed by atoms with Crippen molar-refractivity contribution in [1.82, 2.24) is 14.5 Å². The van der Waals surface area contributed by atoms with Crippen LogP contribution in [0.5, 0.6) is 0 Å². The van der Waals surface area contributed by atoms with Crippen LogP contribution in [0, 0.1) is 6.92 Å². The van der Waals surface area contributed by atoms with Gasteiger partial charge in [0.2, 0.25) is 21.1 Å². The van der Waals surface area contributed by atoms with E-state index in [1.807, 2.05) is 6.92 Å². The van der Waals surface area contributed by atoms with E-state index in [0.717, 1.165) is 34.1 Å². The van der Waals surface area contributed by atoms with Gasteiger partial charge in [0.25, 0.3) is 0 Å². The SMILES string of the molecule is CCCCc1nnc(NC(=O)CN(Cc2ccco2)S(=O)(=O)c2ccc(C)cc2)s1. The molecular formula is C20H24N4O4S2. The first-order chi connectivity index (χ1) is 14.4. The first-order valence-electron chi connectivity index (χ1n) is 9.60. The van der Waals surface area contributed by atoms with Crippen molar-refractivity contribution in [3.8, 4) is 0 Å². The van der Waals surface area contributed by atoms with E-state index in [1.165, 1.54) is 29.7 Å². The standard InChI is InChI=1S/C20H24N4O4S2/c1-3-4-7-19-22-23-20(29-19)21-18(25)14-24(13-16-6-5-12-28-16)30(26,27)17-10-8-15(2)9-11-17/h5-6,8-12H,3-4,7,13-14H2,1-2H3,(H,21,23,25). The van der Waals surface area contributed by atoms with Gasteiger partial charge < -0.3 is 4.42 Å². The molecule has 0 bridgehead atoms. The number of hydrogen-bond acceptors (Lipinski definition) is 7. The maximum Gasteiger partial charge on any atom is 0.243 e. The van der Waals surface area contributed by atoms with Crippen LogP contribution in [-0.2, 0) is 27.8 Å². The molecule has 1 N–H and O–H groups in total. The average molecular weight is 449 g/mol. The predicted octanol–water partition coefficient (Wildman–Crippen LogP) is 3.61. The summed E-state index contributed by atoms with van der Waals surface area (Å²) in [6.45, 7) is 3.53. The first-order valence-corrected chi connectivity index (χ1v) is 11.9. The highest BCUT2D eigenvalue weighted by Crippen LogP contribution is 2.21. The third-order valence-electron chi connectivity index (χ3n) is 4.35. The second-order valence-corrected chi connectivity index (χ2v) is 9.82. The Morgan fingerprint density at radius 2 is 1.97 bits per heavy atom. The van der Waals surface area contributed by atoms with E-state index >= 15 is 0 Å². The molecule has 1 amide bonds. The smallest absolute Gasteiger partial charge is 0.243 e. The molecular weight excluding hydrogens is 424 g/mol. The lowest BCUT2D eigenvalue weighted by atomic mass is 10.2. The molecule has 160 valence electrons. The molecule has 2 aromatic heterocycles. The van der Waals surface area contributed by atoms with Gasteiger partial charge in [0.05, 0.1) is 24.2 Å². The first kappa shape index (κ1) is 22.1. The number of sulfonamides is 1. The molecule has 2 heterocycles. The topological polar surface area (TPSA) is 105 Å². The maximum atomic E-state index is 13.2. The monoisotopic (exact) mass is 448 g/mol. The fourth-order valence-electron chi connectivity index (χ4n) is 2.71. The molecule has 3 rings (SSSR count). The maximum absolute atomic E-state index is 13.2. The number of aryl methyl sites for hydroxylation is 2. The van der Waals surface area contributed by atoms with Crippen molar-refractivity contribution < 1.29 is 17.6 Å². The number of amides is 1. The number of carbonyl (C=O) groups is 1. The number of furan rings is 1. The van der Waals surface area contributed by atoms with Crippen molar-refractivity contribution in [2.24, 2.45) is 0 Å². The van der Waals surface area contributed by atoms with Crippen LogP contribution in [0.25, 0.3) is 0 Å². The Hall–Kier alpha value is -2.56. The average Bonchev–Trinajstić information content (AvgIpc) is 3.38. The zero-order chi connectivity index (χ0) is 21.6. The second-order valence-electron chi connectivity index (χ2n) is 6.82. The van der Waals surface area contributed by atoms with Crippen molar-refractivity contribution in [2.45, 2.75) is 44.6 Å². The van der Waals surface area contributed by atoms with E-state index in [1.54, 1.807) is 24.3 Å². The molecule has 0 unspecified atom stereocenters. The van der Waals surface area contributed by atoms with Gasteiger partial charge in [-0.25, -0.2) is 8.42 Å². The summed E-state index contributed by atoms with van der Waals surface area (Å²) in [4.78, 5) is 12.7. The normalized spacial score (nSPS) is 11.7. The highest BCUT2D eigenvalue weighted by molar-refractivity contribution is 7.89. The van der Waals surface area contributed by atoms with Crippen molar-refractivity contribution in [2.75, 3.05) is 11.9 Å². The highest BCUT2D eigenvalue weighted by Gasteiger charge is 2.28. The number of rotatable bonds is 10. The molecule has 0 spiro atoms. The van der Waals surface area contributed by atoms with Crippen LogP contribution >= 0.6 is 11.3 Å². The summed E-state index contributed by atoms with van der Waals surface area (Å²) in [5, 5.41) is 11.9. The van der Waals surface area contributed by atoms with E-state index < -0.39 is 15.9 Å². The quantitative estimate of drug-likeness (QED) is 0.508. The van der Waals surface area contributed by atoms with E-state index in [2.05, 4.69) is 22.4 Å². The van der Waals surface area contributed by atoms with Gasteiger partial charge in [-0.15, -0.1) is 10.2 Å². The van der Waals surface area contributed by atoms with Gasteiger partial charge in [-0.05, 0) is 37.6 Å². The van der Waals surface area contributed by atoms with E-state index in [9.17, 15) is 13.2 Å². The fourth-order valence-corrected chi connectivity index (χ4v) is 4.87. The number of anilines is 1. The summed E-state index contributed by atoms with van der Waals surface area (Å²) in [6.07, 6.45) is 4.30. The van der Waals surface area contributed by atoms with Crippen LogP contribution in [0.2, 0.25) is 0 Å². The molecule has 0 radical (unpaired) electrons. The zero-order valence-electron chi connectivity index (χ0n) is 16.9. The van der Waals surface area contributed by atoms with Crippen molar-refractivity contribution >= 4 is 32.4 Å². The summed E-state index contributed by atoms with van der Waals surface area (Å²) in [6, 6.07) is 9.84. The summed E-state index contributed by atoms with van der Waals surface area (Å²) >= 11 is 1.30. The van der Waals surface area contributed by atoms with Gasteiger partial charge in [0, 0.05) is 6.42 Å². The summed E-state index contributed by atoms with van der Waals surface area (Å²) in [5.74, 6) is -0.0494. The number of nitrogens with one attached hydrogen (secondary N) is 1. The van der Waals surface area contributed by atoms with Gasteiger partial charge in [0.15, 0.2) is 0 Å². The molecule has 0 saturated heterocycles. The molecule has 0 atom stereocenters. The van der Waals surface area contributed by atoms with Crippen LogP contribution < -0.4 is 5.32 Å². The van der Waals surface area contributed by atoms with Gasteiger partial charge in [-0.1, -0.05) is 42.4 Å². The summed E-state index contributed by atoms with van der Waals surface area (Å²) in [7, 11) is -3.91. The molecule has 30 heavy (non-hydrogen) atoms. The molecule has 0 aliphatic carbocycles. The third-order valence-corrected chi connectivity index (χ3v) is 7.05. The van der Waals surface area contributed by atoms with Gasteiger partial charge >= 0.3 is 0 Å². The number of aromatic nitrogens is 2. The van der Waals surface area contributed by atoms with Gasteiger partial charge in [-0.3, -0.25) is 10.1 Å². The molecule has 10 heteroatoms. The minimum atomic E-state index is -3.91. The summed E-state index contributed by atoms with van der Waals surface area (Å²) in [5.41, 5.74) is 0.944. The largest absolute Gasteiger partial charge is 0.468 e. The Labute approximate surface area is 180 Å². The van der Waals surface area contributed by atoms with Gasteiger partial charge in [0.1, 0.15) is 10.8 Å². The Morgan fingerprint density at radius 3 is 2.63 bits per heavy atom. The summed E-state index contributed by atoms with van der Waals surface area (Å²) < 4.78 is 32.7. The van der Waals surface area contributed by atoms with Crippen molar-refractivity contribution in [1.29, 1.82) is 0 Å². The lowest BCUT2D eigenvalue weighted by molar-refractivity contribution is -0.116. The fraction of sp³-hybridized carbons (Fsp3) is 0.350. The molecule has 3 aromatic rings. The Balaban J connectivity index is 1.76. The zero-order valence-corrected chi connectivity index (χ0v) is 18.5. The van der Waals surface area contributed by atoms with E-state index in [4.69, 9.17) is 4.42 Å². The molecule has 8 nitrogen and oxygen atoms in total. The van der Waals surface area contributed by atoms with Crippen LogP contribution in [0.4, 0.5) is 5.13 Å². The minimum absolute atomic E-state index is 0.0610. The highest BCUT2D eigenvalue weighted by atomic mass is 32.2. The Morgan fingerprint density at radius 1 is 1.20 bits per heavy atom.